The molecular weight excluding hydrogens is 266 g/mol. The Morgan fingerprint density at radius 3 is 2.75 bits per heavy atom. The Morgan fingerprint density at radius 1 is 1.45 bits per heavy atom. The Morgan fingerprint density at radius 2 is 2.15 bits per heavy atom. The lowest BCUT2D eigenvalue weighted by molar-refractivity contribution is -0.165. The highest BCUT2D eigenvalue weighted by Gasteiger charge is 2.38. The third-order valence-corrected chi connectivity index (χ3v) is 3.20. The molecule has 0 bridgehead atoms. The minimum Gasteiger partial charge on any atom is -0.467 e. The molecule has 114 valence electrons. The smallest absolute Gasteiger partial charge is 0.338 e. The van der Waals surface area contributed by atoms with Crippen molar-refractivity contribution in [2.24, 2.45) is 0 Å². The van der Waals surface area contributed by atoms with Crippen LogP contribution in [0.4, 0.5) is 0 Å². The fourth-order valence-electron chi connectivity index (χ4n) is 2.14. The number of aliphatic hydroxyl groups excluding tert-OH is 2. The molecule has 20 heavy (non-hydrogen) atoms. The van der Waals surface area contributed by atoms with E-state index in [-0.39, 0.29) is 6.04 Å². The van der Waals surface area contributed by atoms with Crippen LogP contribution in [0.25, 0.3) is 0 Å². The van der Waals surface area contributed by atoms with Gasteiger partial charge in [-0.3, -0.25) is 4.79 Å². The van der Waals surface area contributed by atoms with Crippen LogP contribution in [0.5, 0.6) is 0 Å². The highest BCUT2D eigenvalue weighted by Crippen LogP contribution is 2.19. The lowest BCUT2D eigenvalue weighted by Gasteiger charge is -2.27. The number of esters is 1. The molecule has 1 rings (SSSR count). The molecule has 1 amide bonds. The minimum absolute atomic E-state index is 0.165. The first-order valence-electron chi connectivity index (χ1n) is 6.46. The van der Waals surface area contributed by atoms with E-state index in [0.29, 0.717) is 19.8 Å². The van der Waals surface area contributed by atoms with E-state index in [1.807, 2.05) is 0 Å². The maximum Gasteiger partial charge on any atom is 0.338 e. The van der Waals surface area contributed by atoms with Crippen LogP contribution < -0.4 is 0 Å². The molecule has 0 aromatic carbocycles. The summed E-state index contributed by atoms with van der Waals surface area (Å²) in [5, 5.41) is 19.2. The van der Waals surface area contributed by atoms with Crippen molar-refractivity contribution in [2.75, 3.05) is 26.9 Å². The predicted molar refractivity (Wildman–Crippen MR) is 69.8 cm³/mol. The number of ether oxygens (including phenoxy) is 2. The normalized spacial score (nSPS) is 21.4. The van der Waals surface area contributed by atoms with Crippen molar-refractivity contribution in [3.8, 4) is 0 Å². The Hall–Kier alpha value is -1.44. The molecule has 0 aromatic heterocycles. The number of methoxy groups -OCH3 is 1. The molecule has 1 aliphatic rings. The van der Waals surface area contributed by atoms with E-state index in [9.17, 15) is 19.8 Å². The SMILES string of the molecule is C=CCOC[C@H]1CCCN1C(=O)[C@H](O)[C@@H](O)C(=O)OC. The molecule has 0 aliphatic carbocycles. The number of rotatable bonds is 7. The first-order valence-corrected chi connectivity index (χ1v) is 6.46. The van der Waals surface area contributed by atoms with Crippen molar-refractivity contribution in [3.63, 3.8) is 0 Å². The molecular formula is C13H21NO6. The second-order valence-corrected chi connectivity index (χ2v) is 4.57. The third kappa shape index (κ3) is 4.03. The Bertz CT molecular complexity index is 359. The molecule has 1 aliphatic heterocycles. The first-order chi connectivity index (χ1) is 9.52. The largest absolute Gasteiger partial charge is 0.467 e. The van der Waals surface area contributed by atoms with Gasteiger partial charge in [0.05, 0.1) is 26.4 Å². The third-order valence-electron chi connectivity index (χ3n) is 3.20. The molecule has 7 nitrogen and oxygen atoms in total. The molecule has 0 radical (unpaired) electrons. The van der Waals surface area contributed by atoms with Gasteiger partial charge in [0.15, 0.2) is 12.2 Å². The average molecular weight is 287 g/mol. The standard InChI is InChI=1S/C13H21NO6/c1-3-7-20-8-9-5-4-6-14(9)12(17)10(15)11(16)13(18)19-2/h3,9-11,15-16H,1,4-8H2,2H3/t9-,10-,11-/m1/s1. The van der Waals surface area contributed by atoms with Gasteiger partial charge in [0.25, 0.3) is 5.91 Å². The Kier molecular flexibility index (Phi) is 6.63. The zero-order valence-electron chi connectivity index (χ0n) is 11.5. The van der Waals surface area contributed by atoms with E-state index in [0.717, 1.165) is 20.0 Å². The van der Waals surface area contributed by atoms with Crippen molar-refractivity contribution >= 4 is 11.9 Å². The van der Waals surface area contributed by atoms with Crippen molar-refractivity contribution in [1.29, 1.82) is 0 Å². The van der Waals surface area contributed by atoms with Gasteiger partial charge in [0, 0.05) is 6.54 Å². The lowest BCUT2D eigenvalue weighted by atomic mass is 10.1. The van der Waals surface area contributed by atoms with Crippen LogP contribution in [0.15, 0.2) is 12.7 Å². The maximum atomic E-state index is 12.1. The number of hydrogen-bond acceptors (Lipinski definition) is 6. The Balaban J connectivity index is 2.60. The van der Waals surface area contributed by atoms with Crippen LogP contribution in [0.2, 0.25) is 0 Å². The zero-order chi connectivity index (χ0) is 15.1. The van der Waals surface area contributed by atoms with Gasteiger partial charge < -0.3 is 24.6 Å². The summed E-state index contributed by atoms with van der Waals surface area (Å²) in [5.74, 6) is -1.72. The van der Waals surface area contributed by atoms with Gasteiger partial charge in [-0.1, -0.05) is 6.08 Å². The molecule has 3 atom stereocenters. The van der Waals surface area contributed by atoms with Crippen LogP contribution in [0.3, 0.4) is 0 Å². The lowest BCUT2D eigenvalue weighted by Crippen LogP contribution is -2.50. The molecule has 0 saturated carbocycles. The topological polar surface area (TPSA) is 96.3 Å². The van der Waals surface area contributed by atoms with Gasteiger partial charge >= 0.3 is 5.97 Å². The van der Waals surface area contributed by atoms with Crippen LogP contribution in [-0.2, 0) is 19.1 Å². The summed E-state index contributed by atoms with van der Waals surface area (Å²) in [6.07, 6.45) is -0.541. The molecule has 0 spiro atoms. The minimum atomic E-state index is -1.87. The summed E-state index contributed by atoms with van der Waals surface area (Å²) in [5.41, 5.74) is 0. The average Bonchev–Trinajstić information content (AvgIpc) is 2.92. The summed E-state index contributed by atoms with van der Waals surface area (Å²) >= 11 is 0. The van der Waals surface area contributed by atoms with Gasteiger partial charge in [-0.2, -0.15) is 0 Å². The van der Waals surface area contributed by atoms with E-state index >= 15 is 0 Å². The molecule has 1 saturated heterocycles. The van der Waals surface area contributed by atoms with E-state index in [1.54, 1.807) is 6.08 Å². The van der Waals surface area contributed by atoms with Crippen LogP contribution in [0, 0.1) is 0 Å². The number of nitrogens with zero attached hydrogens (tertiary/aromatic N) is 1. The highest BCUT2D eigenvalue weighted by molar-refractivity contribution is 5.88. The predicted octanol–water partition coefficient (Wildman–Crippen LogP) is -0.925. The number of hydrogen-bond donors (Lipinski definition) is 2. The molecule has 0 unspecified atom stereocenters. The van der Waals surface area contributed by atoms with Gasteiger partial charge in [0.1, 0.15) is 0 Å². The summed E-state index contributed by atoms with van der Waals surface area (Å²) in [4.78, 5) is 24.6. The number of carbonyl (C=O) groups excluding carboxylic acids is 2. The second-order valence-electron chi connectivity index (χ2n) is 4.57. The van der Waals surface area contributed by atoms with Gasteiger partial charge in [-0.15, -0.1) is 6.58 Å². The van der Waals surface area contributed by atoms with Crippen molar-refractivity contribution in [2.45, 2.75) is 31.1 Å². The van der Waals surface area contributed by atoms with Crippen LogP contribution in [-0.4, -0.2) is 72.1 Å². The molecule has 0 aromatic rings. The number of carbonyl (C=O) groups is 2. The molecule has 1 heterocycles. The quantitative estimate of drug-likeness (QED) is 0.357. The van der Waals surface area contributed by atoms with Crippen molar-refractivity contribution in [1.82, 2.24) is 4.90 Å². The number of likely N-dealkylation sites (tertiary alicyclic amines) is 1. The zero-order valence-corrected chi connectivity index (χ0v) is 11.5. The summed E-state index contributed by atoms with van der Waals surface area (Å²) < 4.78 is 9.61. The second kappa shape index (κ2) is 7.98. The van der Waals surface area contributed by atoms with Gasteiger partial charge in [0.2, 0.25) is 0 Å². The first kappa shape index (κ1) is 16.6. The van der Waals surface area contributed by atoms with Crippen LogP contribution in [0.1, 0.15) is 12.8 Å². The fraction of sp³-hybridized carbons (Fsp3) is 0.692. The number of aliphatic hydroxyl groups is 2. The fourth-order valence-corrected chi connectivity index (χ4v) is 2.14. The van der Waals surface area contributed by atoms with Crippen molar-refractivity contribution in [3.05, 3.63) is 12.7 Å². The summed E-state index contributed by atoms with van der Waals surface area (Å²) in [6, 6.07) is -0.165. The van der Waals surface area contributed by atoms with E-state index < -0.39 is 24.1 Å². The monoisotopic (exact) mass is 287 g/mol. The van der Waals surface area contributed by atoms with E-state index in [1.165, 1.54) is 4.90 Å². The summed E-state index contributed by atoms with van der Waals surface area (Å²) in [7, 11) is 1.07. The van der Waals surface area contributed by atoms with Crippen molar-refractivity contribution < 1.29 is 29.3 Å². The maximum absolute atomic E-state index is 12.1. The molecule has 2 N–H and O–H groups in total. The highest BCUT2D eigenvalue weighted by atomic mass is 16.5. The molecule has 1 fully saturated rings. The summed E-state index contributed by atoms with van der Waals surface area (Å²) in [6.45, 7) is 4.71. The Labute approximate surface area is 117 Å². The number of amides is 1. The van der Waals surface area contributed by atoms with Crippen LogP contribution >= 0.6 is 0 Å². The van der Waals surface area contributed by atoms with Gasteiger partial charge in [-0.25, -0.2) is 4.79 Å². The van der Waals surface area contributed by atoms with Gasteiger partial charge in [-0.05, 0) is 12.8 Å². The molecule has 7 heteroatoms. The van der Waals surface area contributed by atoms with E-state index in [2.05, 4.69) is 11.3 Å². The van der Waals surface area contributed by atoms with E-state index in [4.69, 9.17) is 4.74 Å².